The lowest BCUT2D eigenvalue weighted by atomic mass is 9.92. The molecule has 1 aliphatic heterocycles. The maximum Gasteiger partial charge on any atom is 0.343 e. The molecule has 234 valence electrons. The molecule has 44 heavy (non-hydrogen) atoms. The Balaban J connectivity index is 1.23. The van der Waals surface area contributed by atoms with Crippen molar-refractivity contribution < 1.29 is 39.3 Å². The number of rotatable bonds is 13. The van der Waals surface area contributed by atoms with E-state index in [2.05, 4.69) is 17.6 Å². The van der Waals surface area contributed by atoms with Gasteiger partial charge in [-0.1, -0.05) is 31.5 Å². The Bertz CT molecular complexity index is 1420. The number of esters is 1. The van der Waals surface area contributed by atoms with E-state index >= 15 is 0 Å². The summed E-state index contributed by atoms with van der Waals surface area (Å²) >= 11 is 0. The third-order valence-electron chi connectivity index (χ3n) is 8.72. The van der Waals surface area contributed by atoms with E-state index in [1.54, 1.807) is 53.5 Å². The minimum Gasteiger partial charge on any atom is -0.859 e. The van der Waals surface area contributed by atoms with Crippen LogP contribution in [-0.4, -0.2) is 69.3 Å². The predicted octanol–water partition coefficient (Wildman–Crippen LogP) is 2.45. The number of carboxylic acids is 1. The fourth-order valence-electron chi connectivity index (χ4n) is 6.49. The molecule has 2 saturated carbocycles. The van der Waals surface area contributed by atoms with Gasteiger partial charge >= 0.3 is 11.9 Å². The molecule has 4 N–H and O–H groups in total. The van der Waals surface area contributed by atoms with E-state index in [0.717, 1.165) is 24.4 Å². The number of hydroxylamine groups is 1. The van der Waals surface area contributed by atoms with Crippen LogP contribution in [0.15, 0.2) is 66.2 Å². The number of nitrogens with one attached hydrogen (secondary N) is 2. The maximum atomic E-state index is 13.2. The van der Waals surface area contributed by atoms with Crippen molar-refractivity contribution in [2.24, 2.45) is 11.3 Å². The first-order valence-electron chi connectivity index (χ1n) is 14.9. The molecule has 2 aromatic carbocycles. The van der Waals surface area contributed by atoms with E-state index in [9.17, 15) is 29.5 Å². The standard InChI is InChI=1S/C32H38N4O8/c1-2-14-32(24-17-26(24)36-25(9-6-15-35(36)43)30(41)33-22(19-37)16-28(38)39)18-27(32)34-29(40)20-10-12-23(13-11-20)44-31(42)21-7-4-3-5-8-21/h3-5,7-8,10-13,19,22,24,26-27,33,41,43H,2,6,9,14-18H2,1H3,(H,34,40)(H,38,39)/p-1/b30-25-/t22-,24?,26?,27?,32+/m0/s1. The molecule has 0 bridgehead atoms. The van der Waals surface area contributed by atoms with E-state index in [4.69, 9.17) is 9.84 Å². The summed E-state index contributed by atoms with van der Waals surface area (Å²) < 4.78 is 5.41. The van der Waals surface area contributed by atoms with Gasteiger partial charge in [0.15, 0.2) is 0 Å². The van der Waals surface area contributed by atoms with Crippen molar-refractivity contribution >= 4 is 24.1 Å². The molecule has 1 amide bonds. The number of carboxylic acid groups (broad SMARTS) is 1. The van der Waals surface area contributed by atoms with Gasteiger partial charge in [-0.3, -0.25) is 19.8 Å². The van der Waals surface area contributed by atoms with E-state index in [1.807, 2.05) is 6.07 Å². The van der Waals surface area contributed by atoms with Gasteiger partial charge in [-0.05, 0) is 85.7 Å². The molecule has 1 heterocycles. The van der Waals surface area contributed by atoms with Crippen LogP contribution in [0.3, 0.4) is 0 Å². The summed E-state index contributed by atoms with van der Waals surface area (Å²) in [7, 11) is 0. The van der Waals surface area contributed by atoms with Crippen LogP contribution in [0.4, 0.5) is 0 Å². The fraction of sp³-hybridized carbons (Fsp3) is 0.438. The number of carbonyl (C=O) groups excluding carboxylic acids is 3. The molecule has 12 heteroatoms. The van der Waals surface area contributed by atoms with Crippen molar-refractivity contribution in [1.29, 1.82) is 0 Å². The van der Waals surface area contributed by atoms with Gasteiger partial charge < -0.3 is 30.4 Å². The number of amides is 1. The highest BCUT2D eigenvalue weighted by Crippen LogP contribution is 2.65. The first-order chi connectivity index (χ1) is 21.2. The number of ether oxygens (including phenoxy) is 1. The number of nitrogens with zero attached hydrogens (tertiary/aromatic N) is 2. The Morgan fingerprint density at radius 3 is 2.52 bits per heavy atom. The Morgan fingerprint density at radius 1 is 1.14 bits per heavy atom. The first kappa shape index (κ1) is 31.0. The second-order valence-electron chi connectivity index (χ2n) is 11.7. The van der Waals surface area contributed by atoms with E-state index in [0.29, 0.717) is 54.7 Å². The summed E-state index contributed by atoms with van der Waals surface area (Å²) in [5.41, 5.74) is 0.972. The largest absolute Gasteiger partial charge is 0.859 e. The average molecular weight is 606 g/mol. The van der Waals surface area contributed by atoms with Gasteiger partial charge in [-0.15, -0.1) is 5.17 Å². The molecule has 2 aromatic rings. The quantitative estimate of drug-likeness (QED) is 0.114. The molecule has 0 radical (unpaired) electrons. The van der Waals surface area contributed by atoms with Crippen LogP contribution in [0.25, 0.3) is 0 Å². The van der Waals surface area contributed by atoms with Crippen molar-refractivity contribution in [3.05, 3.63) is 77.3 Å². The smallest absolute Gasteiger partial charge is 0.343 e. The second-order valence-corrected chi connectivity index (χ2v) is 11.7. The van der Waals surface area contributed by atoms with E-state index < -0.39 is 30.3 Å². The minimum atomic E-state index is -1.20. The molecular weight excluding hydrogens is 568 g/mol. The third-order valence-corrected chi connectivity index (χ3v) is 8.72. The highest BCUT2D eigenvalue weighted by molar-refractivity contribution is 5.95. The zero-order valence-corrected chi connectivity index (χ0v) is 24.5. The summed E-state index contributed by atoms with van der Waals surface area (Å²) in [6.07, 6.45) is 4.02. The van der Waals surface area contributed by atoms with Crippen molar-refractivity contribution in [2.45, 2.75) is 70.0 Å². The minimum absolute atomic E-state index is 0.0789. The third kappa shape index (κ3) is 6.71. The summed E-state index contributed by atoms with van der Waals surface area (Å²) in [5, 5.41) is 41.2. The van der Waals surface area contributed by atoms with Crippen LogP contribution in [0.1, 0.15) is 72.6 Å². The Kier molecular flexibility index (Phi) is 9.21. The normalized spacial score (nSPS) is 26.2. The van der Waals surface area contributed by atoms with Crippen molar-refractivity contribution in [1.82, 2.24) is 20.8 Å². The summed E-state index contributed by atoms with van der Waals surface area (Å²) in [6.45, 7) is 2.42. The molecule has 12 nitrogen and oxygen atoms in total. The number of aldehydes is 1. The van der Waals surface area contributed by atoms with Crippen LogP contribution in [0.2, 0.25) is 0 Å². The number of aliphatic carboxylic acids is 1. The number of benzene rings is 2. The van der Waals surface area contributed by atoms with Crippen molar-refractivity contribution in [2.75, 3.05) is 6.54 Å². The summed E-state index contributed by atoms with van der Waals surface area (Å²) in [5.74, 6) is -2.06. The van der Waals surface area contributed by atoms with Gasteiger partial charge in [0, 0.05) is 23.8 Å². The zero-order chi connectivity index (χ0) is 31.4. The molecule has 3 fully saturated rings. The SMILES string of the molecule is CCC[C@]1(C2CC2N2/C(=C(\[O-])N[C@H](C=O)CC(=O)O)CCCN2O)CC1NC(=O)c1ccc(OC(=O)c2ccccc2)cc1. The highest BCUT2D eigenvalue weighted by atomic mass is 16.6. The molecule has 0 spiro atoms. The molecule has 0 aromatic heterocycles. The maximum absolute atomic E-state index is 13.2. The monoisotopic (exact) mass is 605 g/mol. The van der Waals surface area contributed by atoms with E-state index in [1.165, 1.54) is 0 Å². The second kappa shape index (κ2) is 13.1. The van der Waals surface area contributed by atoms with Crippen LogP contribution in [-0.2, 0) is 9.59 Å². The first-order valence-corrected chi connectivity index (χ1v) is 14.9. The zero-order valence-electron chi connectivity index (χ0n) is 24.5. The summed E-state index contributed by atoms with van der Waals surface area (Å²) in [6, 6.07) is 13.6. The van der Waals surface area contributed by atoms with Gasteiger partial charge in [0.25, 0.3) is 5.91 Å². The molecule has 1 saturated heterocycles. The van der Waals surface area contributed by atoms with Crippen LogP contribution < -0.4 is 20.5 Å². The van der Waals surface area contributed by atoms with Gasteiger partial charge in [-0.25, -0.2) is 4.79 Å². The molecule has 5 rings (SSSR count). The van der Waals surface area contributed by atoms with Gasteiger partial charge in [0.1, 0.15) is 12.0 Å². The lowest BCUT2D eigenvalue weighted by Gasteiger charge is -2.41. The number of hydrogen-bond acceptors (Lipinski definition) is 10. The van der Waals surface area contributed by atoms with Crippen LogP contribution in [0.5, 0.6) is 5.75 Å². The lowest BCUT2D eigenvalue weighted by molar-refractivity contribution is -0.325. The predicted molar refractivity (Wildman–Crippen MR) is 155 cm³/mol. The van der Waals surface area contributed by atoms with Crippen molar-refractivity contribution in [3.63, 3.8) is 0 Å². The topological polar surface area (TPSA) is 172 Å². The Morgan fingerprint density at radius 2 is 1.86 bits per heavy atom. The molecular formula is C32H37N4O8-. The Labute approximate surface area is 255 Å². The van der Waals surface area contributed by atoms with Crippen LogP contribution >= 0.6 is 0 Å². The van der Waals surface area contributed by atoms with Crippen molar-refractivity contribution in [3.8, 4) is 5.75 Å². The number of hydrogen-bond donors (Lipinski definition) is 4. The molecule has 3 aliphatic rings. The fourth-order valence-corrected chi connectivity index (χ4v) is 6.49. The van der Waals surface area contributed by atoms with Gasteiger partial charge in [0.2, 0.25) is 0 Å². The van der Waals surface area contributed by atoms with Crippen LogP contribution in [0, 0.1) is 11.3 Å². The molecule has 5 atom stereocenters. The number of carbonyl (C=O) groups is 4. The molecule has 2 aliphatic carbocycles. The van der Waals surface area contributed by atoms with Gasteiger partial charge in [0.05, 0.1) is 24.1 Å². The molecule has 3 unspecified atom stereocenters. The Hall–Kier alpha value is -4.42. The summed E-state index contributed by atoms with van der Waals surface area (Å²) in [4.78, 5) is 47.9. The average Bonchev–Trinajstić information content (AvgIpc) is 3.93. The van der Waals surface area contributed by atoms with E-state index in [-0.39, 0.29) is 29.3 Å². The highest BCUT2D eigenvalue weighted by Gasteiger charge is 2.67. The lowest BCUT2D eigenvalue weighted by Crippen LogP contribution is -2.49. The number of hydrazine groups is 1. The van der Waals surface area contributed by atoms with Gasteiger partial charge in [-0.2, -0.15) is 0 Å². The number of allylic oxidation sites excluding steroid dienone is 1.